The van der Waals surface area contributed by atoms with Gasteiger partial charge in [0, 0.05) is 45.5 Å². The lowest BCUT2D eigenvalue weighted by Crippen LogP contribution is -2.51. The van der Waals surface area contributed by atoms with Crippen molar-refractivity contribution < 1.29 is 0 Å². The molecule has 5 aromatic rings. The summed E-state index contributed by atoms with van der Waals surface area (Å²) >= 11 is 0. The molecule has 51 heavy (non-hydrogen) atoms. The van der Waals surface area contributed by atoms with Gasteiger partial charge in [0.05, 0.1) is 0 Å². The fourth-order valence-corrected chi connectivity index (χ4v) is 9.60. The molecule has 0 spiro atoms. The van der Waals surface area contributed by atoms with E-state index in [0.29, 0.717) is 0 Å². The molecule has 1 aromatic heterocycles. The highest BCUT2D eigenvalue weighted by molar-refractivity contribution is 7.06. The van der Waals surface area contributed by atoms with E-state index in [-0.39, 0.29) is 28.4 Å². The Hall–Kier alpha value is -4.83. The Kier molecular flexibility index (Phi) is 6.53. The van der Waals surface area contributed by atoms with Crippen molar-refractivity contribution in [3.63, 3.8) is 0 Å². The largest absolute Gasteiger partial charge is 0.314 e. The van der Waals surface area contributed by atoms with Crippen LogP contribution in [0.2, 0.25) is 0 Å². The molecule has 0 saturated heterocycles. The Bertz CT molecular complexity index is 2160. The van der Waals surface area contributed by atoms with Crippen LogP contribution in [0.4, 0.5) is 22.9 Å². The molecule has 0 fully saturated rings. The predicted molar refractivity (Wildman–Crippen MR) is 217 cm³/mol. The molecule has 0 atom stereocenters. The first-order valence-corrected chi connectivity index (χ1v) is 18.6. The Labute approximate surface area is 304 Å². The second-order valence-electron chi connectivity index (χ2n) is 18.1. The Balaban J connectivity index is 1.40. The molecule has 4 aromatic carbocycles. The van der Waals surface area contributed by atoms with Crippen LogP contribution in [-0.4, -0.2) is 11.7 Å². The number of fused-ring (bicyclic) bond motifs is 6. The molecule has 0 bridgehead atoms. The number of aromatic nitrogens is 1. The van der Waals surface area contributed by atoms with Gasteiger partial charge in [-0.05, 0) is 91.0 Å². The van der Waals surface area contributed by atoms with Gasteiger partial charge in [0.15, 0.2) is 0 Å². The number of benzene rings is 4. The van der Waals surface area contributed by atoms with E-state index in [2.05, 4.69) is 182 Å². The van der Waals surface area contributed by atoms with Crippen molar-refractivity contribution in [3.8, 4) is 0 Å². The van der Waals surface area contributed by atoms with Crippen LogP contribution in [0.3, 0.4) is 0 Å². The van der Waals surface area contributed by atoms with Crippen LogP contribution in [0.5, 0.6) is 0 Å². The van der Waals surface area contributed by atoms with Crippen molar-refractivity contribution in [1.82, 2.24) is 4.98 Å². The molecule has 0 saturated carbocycles. The molecule has 3 nitrogen and oxygen atoms in total. The fourth-order valence-electron chi connectivity index (χ4n) is 9.60. The summed E-state index contributed by atoms with van der Waals surface area (Å²) in [5.41, 5.74) is 18.2. The highest BCUT2D eigenvalue weighted by atomic mass is 15.2. The quantitative estimate of drug-likeness (QED) is 0.175. The number of allylic oxidation sites excluding steroid dienone is 2. The maximum Gasteiger partial charge on any atom is 0.255 e. The zero-order valence-electron chi connectivity index (χ0n) is 31.8. The Morgan fingerprint density at radius 3 is 1.43 bits per heavy atom. The van der Waals surface area contributed by atoms with Gasteiger partial charge in [0.2, 0.25) is 0 Å². The summed E-state index contributed by atoms with van der Waals surface area (Å²) in [4.78, 5) is 10.4. The molecule has 0 N–H and O–H groups in total. The number of nitrogens with zero attached hydrogens (tertiary/aromatic N) is 3. The van der Waals surface area contributed by atoms with E-state index in [4.69, 9.17) is 4.98 Å². The van der Waals surface area contributed by atoms with E-state index in [1.54, 1.807) is 0 Å². The van der Waals surface area contributed by atoms with Crippen LogP contribution in [0.15, 0.2) is 121 Å². The molecule has 0 unspecified atom stereocenters. The van der Waals surface area contributed by atoms with Crippen LogP contribution in [-0.2, 0) is 21.7 Å². The van der Waals surface area contributed by atoms with Gasteiger partial charge in [-0.25, -0.2) is 4.98 Å². The number of rotatable bonds is 2. The van der Waals surface area contributed by atoms with Gasteiger partial charge in [0.1, 0.15) is 5.82 Å². The zero-order valence-corrected chi connectivity index (χ0v) is 31.8. The third-order valence-electron chi connectivity index (χ3n) is 12.2. The summed E-state index contributed by atoms with van der Waals surface area (Å²) in [6.07, 6.45) is 2.04. The molecule has 9 rings (SSSR count). The van der Waals surface area contributed by atoms with Crippen molar-refractivity contribution in [2.45, 2.75) is 90.9 Å². The minimum atomic E-state index is -0.238. The Morgan fingerprint density at radius 2 is 0.961 bits per heavy atom. The zero-order chi connectivity index (χ0) is 35.8. The number of pyridine rings is 1. The van der Waals surface area contributed by atoms with E-state index in [0.717, 1.165) is 11.5 Å². The number of hydrogen-bond acceptors (Lipinski definition) is 3. The number of hydrogen-bond donors (Lipinski definition) is 0. The highest BCUT2D eigenvalue weighted by Crippen LogP contribution is 2.61. The van der Waals surface area contributed by atoms with Crippen LogP contribution in [0.25, 0.3) is 10.9 Å². The summed E-state index contributed by atoms with van der Waals surface area (Å²) in [6, 6.07) is 39.1. The van der Waals surface area contributed by atoms with Crippen LogP contribution in [0.1, 0.15) is 103 Å². The summed E-state index contributed by atoms with van der Waals surface area (Å²) in [7, 11) is 0. The first-order chi connectivity index (χ1) is 24.1. The lowest BCUT2D eigenvalue weighted by Gasteiger charge is -2.46. The molecule has 0 radical (unpaired) electrons. The molecule has 3 heterocycles. The lowest BCUT2D eigenvalue weighted by molar-refractivity contribution is 0.590. The fraction of sp³-hybridized carbons (Fsp3) is 0.298. The van der Waals surface area contributed by atoms with Crippen LogP contribution in [0, 0.1) is 0 Å². The van der Waals surface area contributed by atoms with E-state index < -0.39 is 0 Å². The van der Waals surface area contributed by atoms with Crippen molar-refractivity contribution in [2.75, 3.05) is 9.80 Å². The average Bonchev–Trinajstić information content (AvgIpc) is 3.48. The van der Waals surface area contributed by atoms with Gasteiger partial charge < -0.3 is 4.90 Å². The van der Waals surface area contributed by atoms with Crippen molar-refractivity contribution in [2.24, 2.45) is 0 Å². The molecule has 2 aliphatic carbocycles. The van der Waals surface area contributed by atoms with Crippen molar-refractivity contribution >= 4 is 46.0 Å². The third kappa shape index (κ3) is 4.35. The van der Waals surface area contributed by atoms with Crippen LogP contribution >= 0.6 is 0 Å². The first-order valence-electron chi connectivity index (χ1n) is 18.6. The lowest BCUT2D eigenvalue weighted by atomic mass is 9.31. The maximum atomic E-state index is 5.35. The Morgan fingerprint density at radius 1 is 0.529 bits per heavy atom. The van der Waals surface area contributed by atoms with Gasteiger partial charge in [-0.15, -0.1) is 0 Å². The minimum Gasteiger partial charge on any atom is -0.314 e. The molecular formula is C47H48BN3. The van der Waals surface area contributed by atoms with E-state index in [1.165, 1.54) is 72.6 Å². The summed E-state index contributed by atoms with van der Waals surface area (Å²) in [5.74, 6) is 1.03. The monoisotopic (exact) mass is 665 g/mol. The smallest absolute Gasteiger partial charge is 0.255 e. The van der Waals surface area contributed by atoms with Crippen molar-refractivity contribution in [1.29, 1.82) is 0 Å². The summed E-state index contributed by atoms with van der Waals surface area (Å²) in [6.45, 7) is 23.4. The van der Waals surface area contributed by atoms with Crippen molar-refractivity contribution in [3.05, 3.63) is 154 Å². The van der Waals surface area contributed by atoms with Gasteiger partial charge in [-0.3, -0.25) is 4.90 Å². The minimum absolute atomic E-state index is 0.0368. The predicted octanol–water partition coefficient (Wildman–Crippen LogP) is 11.2. The molecule has 2 aliphatic heterocycles. The average molecular weight is 666 g/mol. The maximum absolute atomic E-state index is 5.35. The molecule has 4 aliphatic rings. The van der Waals surface area contributed by atoms with E-state index in [1.807, 2.05) is 6.20 Å². The summed E-state index contributed by atoms with van der Waals surface area (Å²) in [5, 5.41) is 0. The SMILES string of the molecule is CC(C)(C)c1ccc(N2C3=C(B4C5=C(N(c6ccc(C(C)(C)C)cc6)c6nccc2c64)C(C)(C)c2ccccc25)c2ccccc2C3(C)C)cc1. The second-order valence-corrected chi connectivity index (χ2v) is 18.1. The van der Waals surface area contributed by atoms with Gasteiger partial charge in [0.25, 0.3) is 6.71 Å². The normalized spacial score (nSPS) is 18.0. The number of anilines is 4. The first kappa shape index (κ1) is 32.1. The van der Waals surface area contributed by atoms with Crippen LogP contribution < -0.4 is 15.3 Å². The van der Waals surface area contributed by atoms with Gasteiger partial charge in [-0.1, -0.05) is 142 Å². The molecule has 0 amide bonds. The third-order valence-corrected chi connectivity index (χ3v) is 12.2. The van der Waals surface area contributed by atoms with Gasteiger partial charge in [-0.2, -0.15) is 0 Å². The standard InChI is InChI=1S/C47H48BN3/c1-44(2,3)29-19-23-31(24-20-29)50-37-27-28-49-43-40(37)48(38-33-15-11-13-17-35(33)46(7,8)41(38)50)39-34-16-12-14-18-36(34)47(9,10)42(39)51(43)32-25-21-30(22-26-32)45(4,5)6/h11-28H,1-10H3. The molecule has 254 valence electrons. The van der Waals surface area contributed by atoms with E-state index >= 15 is 0 Å². The highest BCUT2D eigenvalue weighted by Gasteiger charge is 2.57. The van der Waals surface area contributed by atoms with Gasteiger partial charge >= 0.3 is 0 Å². The summed E-state index contributed by atoms with van der Waals surface area (Å²) < 4.78 is 0. The second kappa shape index (κ2) is 10.4. The molecular weight excluding hydrogens is 617 g/mol. The topological polar surface area (TPSA) is 19.4 Å². The van der Waals surface area contributed by atoms with E-state index in [9.17, 15) is 0 Å². The molecule has 4 heteroatoms.